The predicted octanol–water partition coefficient (Wildman–Crippen LogP) is 3.68. The lowest BCUT2D eigenvalue weighted by molar-refractivity contribution is -0.137. The Labute approximate surface area is 153 Å². The molecule has 1 fully saturated rings. The molecule has 1 amide bonds. The van der Waals surface area contributed by atoms with Crippen molar-refractivity contribution < 1.29 is 19.4 Å². The van der Waals surface area contributed by atoms with Crippen molar-refractivity contribution >= 4 is 22.6 Å². The van der Waals surface area contributed by atoms with Crippen molar-refractivity contribution in [2.75, 3.05) is 6.61 Å². The number of rotatable bonds is 7. The zero-order chi connectivity index (χ0) is 18.4. The van der Waals surface area contributed by atoms with Gasteiger partial charge in [0.2, 0.25) is 0 Å². The highest BCUT2D eigenvalue weighted by atomic mass is 16.5. The number of benzene rings is 2. The maximum atomic E-state index is 12.1. The molecule has 0 aromatic heterocycles. The molecule has 138 valence electrons. The lowest BCUT2D eigenvalue weighted by Gasteiger charge is -2.22. The number of hydrogen-bond acceptors (Lipinski definition) is 3. The van der Waals surface area contributed by atoms with E-state index in [9.17, 15) is 9.59 Å². The molecule has 0 atom stereocenters. The molecular weight excluding hydrogens is 330 g/mol. The number of ether oxygens (including phenoxy) is 1. The molecule has 0 saturated heterocycles. The summed E-state index contributed by atoms with van der Waals surface area (Å²) in [5.74, 6) is -0.231. The van der Waals surface area contributed by atoms with Gasteiger partial charge in [0, 0.05) is 12.5 Å². The van der Waals surface area contributed by atoms with Crippen LogP contribution in [-0.2, 0) is 16.0 Å². The summed E-state index contributed by atoms with van der Waals surface area (Å²) in [6.07, 6.45) is 6.35. The number of nitrogens with one attached hydrogen (secondary N) is 1. The van der Waals surface area contributed by atoms with Gasteiger partial charge < -0.3 is 15.2 Å². The maximum absolute atomic E-state index is 12.1. The Morgan fingerprint density at radius 2 is 1.81 bits per heavy atom. The van der Waals surface area contributed by atoms with Crippen LogP contribution >= 0.6 is 0 Å². The van der Waals surface area contributed by atoms with Crippen molar-refractivity contribution in [3.8, 4) is 5.75 Å². The second kappa shape index (κ2) is 8.70. The summed E-state index contributed by atoms with van der Waals surface area (Å²) in [6, 6.07) is 11.9. The molecule has 2 aromatic rings. The van der Waals surface area contributed by atoms with Crippen LogP contribution in [0.5, 0.6) is 5.75 Å². The minimum Gasteiger partial charge on any atom is -0.484 e. The van der Waals surface area contributed by atoms with Gasteiger partial charge in [-0.1, -0.05) is 43.5 Å². The van der Waals surface area contributed by atoms with Crippen molar-refractivity contribution in [1.82, 2.24) is 5.32 Å². The van der Waals surface area contributed by atoms with Gasteiger partial charge in [0.05, 0.1) is 0 Å². The van der Waals surface area contributed by atoms with E-state index in [0.717, 1.165) is 29.2 Å². The standard InChI is InChI=1S/C21H25NO4/c23-20(22-18-4-2-1-3-5-18)14-26-19-10-9-16-8-6-15(7-11-21(24)25)12-17(16)13-19/h6,8-10,12-13,18H,1-5,7,11,14H2,(H,22,23)(H,24,25). The third-order valence-electron chi connectivity index (χ3n) is 4.84. The first-order chi connectivity index (χ1) is 12.6. The monoisotopic (exact) mass is 355 g/mol. The number of hydrogen-bond donors (Lipinski definition) is 2. The molecule has 0 heterocycles. The molecule has 2 aromatic carbocycles. The highest BCUT2D eigenvalue weighted by Gasteiger charge is 2.15. The minimum atomic E-state index is -0.800. The Morgan fingerprint density at radius 1 is 1.04 bits per heavy atom. The van der Waals surface area contributed by atoms with Gasteiger partial charge in [0.1, 0.15) is 5.75 Å². The number of carboxylic acids is 1. The Kier molecular flexibility index (Phi) is 6.10. The first-order valence-corrected chi connectivity index (χ1v) is 9.27. The van der Waals surface area contributed by atoms with Crippen LogP contribution in [0.3, 0.4) is 0 Å². The first kappa shape index (κ1) is 18.2. The van der Waals surface area contributed by atoms with E-state index < -0.39 is 5.97 Å². The van der Waals surface area contributed by atoms with Crippen LogP contribution < -0.4 is 10.1 Å². The number of carbonyl (C=O) groups is 2. The Hall–Kier alpha value is -2.56. The Morgan fingerprint density at radius 3 is 2.58 bits per heavy atom. The van der Waals surface area contributed by atoms with E-state index in [-0.39, 0.29) is 25.0 Å². The maximum Gasteiger partial charge on any atom is 0.303 e. The normalized spacial score (nSPS) is 14.9. The zero-order valence-electron chi connectivity index (χ0n) is 14.9. The highest BCUT2D eigenvalue weighted by molar-refractivity contribution is 5.85. The van der Waals surface area contributed by atoms with Crippen LogP contribution in [0.1, 0.15) is 44.1 Å². The van der Waals surface area contributed by atoms with E-state index in [1.54, 1.807) is 0 Å². The van der Waals surface area contributed by atoms with Crippen molar-refractivity contribution in [2.45, 2.75) is 51.0 Å². The number of amides is 1. The third kappa shape index (κ3) is 5.22. The molecule has 3 rings (SSSR count). The lowest BCUT2D eigenvalue weighted by Crippen LogP contribution is -2.38. The number of aryl methyl sites for hydroxylation is 1. The van der Waals surface area contributed by atoms with Crippen molar-refractivity contribution in [3.63, 3.8) is 0 Å². The van der Waals surface area contributed by atoms with Gasteiger partial charge in [-0.05, 0) is 47.7 Å². The minimum absolute atomic E-state index is 0.0146. The summed E-state index contributed by atoms with van der Waals surface area (Å²) >= 11 is 0. The van der Waals surface area contributed by atoms with Crippen LogP contribution in [0.15, 0.2) is 36.4 Å². The average Bonchev–Trinajstić information content (AvgIpc) is 2.65. The molecule has 26 heavy (non-hydrogen) atoms. The van der Waals surface area contributed by atoms with Crippen LogP contribution in [0.25, 0.3) is 10.8 Å². The van der Waals surface area contributed by atoms with Gasteiger partial charge in [0.25, 0.3) is 5.91 Å². The summed E-state index contributed by atoms with van der Waals surface area (Å²) in [6.45, 7) is 0.0146. The number of carboxylic acid groups (broad SMARTS) is 1. The number of fused-ring (bicyclic) bond motifs is 1. The van der Waals surface area contributed by atoms with Crippen LogP contribution in [0.4, 0.5) is 0 Å². The average molecular weight is 355 g/mol. The van der Waals surface area contributed by atoms with Crippen LogP contribution in [0.2, 0.25) is 0 Å². The van der Waals surface area contributed by atoms with Crippen molar-refractivity contribution in [2.24, 2.45) is 0 Å². The van der Waals surface area contributed by atoms with E-state index in [4.69, 9.17) is 9.84 Å². The molecule has 2 N–H and O–H groups in total. The molecule has 1 saturated carbocycles. The van der Waals surface area contributed by atoms with E-state index in [2.05, 4.69) is 5.32 Å². The van der Waals surface area contributed by atoms with Crippen LogP contribution in [0, 0.1) is 0 Å². The van der Waals surface area contributed by atoms with E-state index >= 15 is 0 Å². The molecule has 1 aliphatic carbocycles. The Balaban J connectivity index is 1.58. The van der Waals surface area contributed by atoms with Gasteiger partial charge in [-0.3, -0.25) is 9.59 Å². The van der Waals surface area contributed by atoms with Crippen LogP contribution in [-0.4, -0.2) is 29.6 Å². The van der Waals surface area contributed by atoms with Crippen molar-refractivity contribution in [3.05, 3.63) is 42.0 Å². The lowest BCUT2D eigenvalue weighted by atomic mass is 9.95. The smallest absolute Gasteiger partial charge is 0.303 e. The molecule has 0 aliphatic heterocycles. The fourth-order valence-corrected chi connectivity index (χ4v) is 3.44. The van der Waals surface area contributed by atoms with Gasteiger partial charge in [-0.2, -0.15) is 0 Å². The second-order valence-corrected chi connectivity index (χ2v) is 6.93. The fraction of sp³-hybridized carbons (Fsp3) is 0.429. The third-order valence-corrected chi connectivity index (χ3v) is 4.84. The van der Waals surface area contributed by atoms with E-state index in [1.807, 2.05) is 36.4 Å². The van der Waals surface area contributed by atoms with Gasteiger partial charge in [-0.25, -0.2) is 0 Å². The van der Waals surface area contributed by atoms with Crippen molar-refractivity contribution in [1.29, 1.82) is 0 Å². The molecule has 1 aliphatic rings. The molecule has 5 nitrogen and oxygen atoms in total. The topological polar surface area (TPSA) is 75.6 Å². The molecule has 0 spiro atoms. The number of carbonyl (C=O) groups excluding carboxylic acids is 1. The zero-order valence-corrected chi connectivity index (χ0v) is 14.9. The Bertz CT molecular complexity index is 781. The molecule has 0 unspecified atom stereocenters. The van der Waals surface area contributed by atoms with E-state index in [1.165, 1.54) is 19.3 Å². The van der Waals surface area contributed by atoms with Gasteiger partial charge in [-0.15, -0.1) is 0 Å². The van der Waals surface area contributed by atoms with Gasteiger partial charge >= 0.3 is 5.97 Å². The quantitative estimate of drug-likeness (QED) is 0.794. The molecule has 0 radical (unpaired) electrons. The highest BCUT2D eigenvalue weighted by Crippen LogP contribution is 2.23. The molecule has 5 heteroatoms. The molecule has 0 bridgehead atoms. The summed E-state index contributed by atoms with van der Waals surface area (Å²) in [5, 5.41) is 13.9. The summed E-state index contributed by atoms with van der Waals surface area (Å²) < 4.78 is 5.65. The SMILES string of the molecule is O=C(O)CCc1ccc2ccc(OCC(=O)NC3CCCCC3)cc2c1. The van der Waals surface area contributed by atoms with Gasteiger partial charge in [0.15, 0.2) is 6.61 Å². The fourth-order valence-electron chi connectivity index (χ4n) is 3.44. The largest absolute Gasteiger partial charge is 0.484 e. The number of aliphatic carboxylic acids is 1. The first-order valence-electron chi connectivity index (χ1n) is 9.27. The molecular formula is C21H25NO4. The summed E-state index contributed by atoms with van der Waals surface area (Å²) in [5.41, 5.74) is 0.979. The summed E-state index contributed by atoms with van der Waals surface area (Å²) in [7, 11) is 0. The van der Waals surface area contributed by atoms with E-state index in [0.29, 0.717) is 12.2 Å². The predicted molar refractivity (Wildman–Crippen MR) is 100 cm³/mol. The second-order valence-electron chi connectivity index (χ2n) is 6.93. The summed E-state index contributed by atoms with van der Waals surface area (Å²) in [4.78, 5) is 22.8.